The largest absolute Gasteiger partial charge is 0.368 e. The average Bonchev–Trinajstić information content (AvgIpc) is 2.24. The maximum atomic E-state index is 13.3. The van der Waals surface area contributed by atoms with Gasteiger partial charge in [0.05, 0.1) is 4.92 Å². The number of nitro groups is 1. The summed E-state index contributed by atoms with van der Waals surface area (Å²) in [7, 11) is 3.48. The van der Waals surface area contributed by atoms with E-state index in [1.807, 2.05) is 0 Å². The van der Waals surface area contributed by atoms with E-state index in [0.29, 0.717) is 18.8 Å². The first-order chi connectivity index (χ1) is 7.57. The molecule has 0 aliphatic heterocycles. The molecule has 0 aromatic heterocycles. The average molecular weight is 227 g/mol. The molecule has 0 saturated carbocycles. The van der Waals surface area contributed by atoms with Gasteiger partial charge < -0.3 is 10.2 Å². The number of nitro benzene ring substituents is 1. The Bertz CT molecular complexity index is 384. The SMILES string of the molecule is CNCCN(C)c1cccc(F)c1[N+](=O)[O-]. The van der Waals surface area contributed by atoms with Crippen LogP contribution in [-0.4, -0.2) is 32.1 Å². The molecule has 1 N–H and O–H groups in total. The molecule has 0 unspecified atom stereocenters. The van der Waals surface area contributed by atoms with Crippen LogP contribution < -0.4 is 10.2 Å². The fourth-order valence-electron chi connectivity index (χ4n) is 1.39. The molecule has 1 rings (SSSR count). The van der Waals surface area contributed by atoms with E-state index >= 15 is 0 Å². The minimum atomic E-state index is -0.807. The van der Waals surface area contributed by atoms with Gasteiger partial charge in [-0.15, -0.1) is 0 Å². The first kappa shape index (κ1) is 12.4. The monoisotopic (exact) mass is 227 g/mol. The lowest BCUT2D eigenvalue weighted by Gasteiger charge is -2.18. The molecular formula is C10H14FN3O2. The van der Waals surface area contributed by atoms with Crippen LogP contribution in [-0.2, 0) is 0 Å². The van der Waals surface area contributed by atoms with Gasteiger partial charge in [-0.2, -0.15) is 4.39 Å². The standard InChI is InChI=1S/C10H14FN3O2/c1-12-6-7-13(2)9-5-3-4-8(11)10(9)14(15)16/h3-5,12H,6-7H2,1-2H3. The summed E-state index contributed by atoms with van der Waals surface area (Å²) in [4.78, 5) is 11.7. The van der Waals surface area contributed by atoms with Gasteiger partial charge in [0, 0.05) is 20.1 Å². The van der Waals surface area contributed by atoms with Crippen molar-refractivity contribution >= 4 is 11.4 Å². The van der Waals surface area contributed by atoms with Crippen molar-refractivity contribution in [1.82, 2.24) is 5.32 Å². The van der Waals surface area contributed by atoms with E-state index in [-0.39, 0.29) is 0 Å². The van der Waals surface area contributed by atoms with Crippen molar-refractivity contribution in [3.8, 4) is 0 Å². The van der Waals surface area contributed by atoms with E-state index in [4.69, 9.17) is 0 Å². The first-order valence-corrected chi connectivity index (χ1v) is 4.86. The lowest BCUT2D eigenvalue weighted by molar-refractivity contribution is -0.386. The number of nitrogens with zero attached hydrogens (tertiary/aromatic N) is 2. The van der Waals surface area contributed by atoms with Crippen LogP contribution in [0.2, 0.25) is 0 Å². The normalized spacial score (nSPS) is 10.2. The second-order valence-electron chi connectivity index (χ2n) is 3.39. The number of benzene rings is 1. The maximum Gasteiger partial charge on any atom is 0.327 e. The Morgan fingerprint density at radius 2 is 2.25 bits per heavy atom. The number of anilines is 1. The quantitative estimate of drug-likeness (QED) is 0.610. The summed E-state index contributed by atoms with van der Waals surface area (Å²) < 4.78 is 13.3. The van der Waals surface area contributed by atoms with Crippen molar-refractivity contribution in [1.29, 1.82) is 0 Å². The number of likely N-dealkylation sites (N-methyl/N-ethyl adjacent to an activating group) is 2. The molecule has 1 aromatic rings. The molecule has 0 heterocycles. The van der Waals surface area contributed by atoms with Crippen LogP contribution in [0.25, 0.3) is 0 Å². The van der Waals surface area contributed by atoms with Crippen molar-refractivity contribution in [3.05, 3.63) is 34.1 Å². The number of rotatable bonds is 5. The van der Waals surface area contributed by atoms with Gasteiger partial charge in [0.15, 0.2) is 0 Å². The highest BCUT2D eigenvalue weighted by molar-refractivity contribution is 5.63. The molecule has 6 heteroatoms. The highest BCUT2D eigenvalue weighted by atomic mass is 19.1. The van der Waals surface area contributed by atoms with Gasteiger partial charge in [-0.1, -0.05) is 6.07 Å². The summed E-state index contributed by atoms with van der Waals surface area (Å²) in [5, 5.41) is 13.7. The molecule has 0 spiro atoms. The van der Waals surface area contributed by atoms with Gasteiger partial charge in [0.1, 0.15) is 5.69 Å². The van der Waals surface area contributed by atoms with Crippen molar-refractivity contribution in [2.24, 2.45) is 0 Å². The Balaban J connectivity index is 3.02. The summed E-state index contributed by atoms with van der Waals surface area (Å²) in [5.74, 6) is -0.807. The number of para-hydroxylation sites is 1. The van der Waals surface area contributed by atoms with Crippen molar-refractivity contribution in [2.75, 3.05) is 32.1 Å². The Morgan fingerprint density at radius 1 is 1.56 bits per heavy atom. The van der Waals surface area contributed by atoms with Crippen molar-refractivity contribution in [3.63, 3.8) is 0 Å². The van der Waals surface area contributed by atoms with Gasteiger partial charge in [-0.3, -0.25) is 10.1 Å². The number of hydrogen-bond donors (Lipinski definition) is 1. The Hall–Kier alpha value is -1.69. The van der Waals surface area contributed by atoms with Gasteiger partial charge in [0.2, 0.25) is 5.82 Å². The van der Waals surface area contributed by atoms with Crippen LogP contribution in [0.15, 0.2) is 18.2 Å². The van der Waals surface area contributed by atoms with Gasteiger partial charge in [0.25, 0.3) is 0 Å². The van der Waals surface area contributed by atoms with Gasteiger partial charge in [-0.05, 0) is 19.2 Å². The van der Waals surface area contributed by atoms with E-state index in [1.165, 1.54) is 12.1 Å². The lowest BCUT2D eigenvalue weighted by Crippen LogP contribution is -2.27. The zero-order chi connectivity index (χ0) is 12.1. The maximum absolute atomic E-state index is 13.3. The smallest absolute Gasteiger partial charge is 0.327 e. The molecule has 0 atom stereocenters. The summed E-state index contributed by atoms with van der Waals surface area (Å²) in [6.07, 6.45) is 0. The third kappa shape index (κ3) is 2.66. The van der Waals surface area contributed by atoms with Gasteiger partial charge in [-0.25, -0.2) is 0 Å². The summed E-state index contributed by atoms with van der Waals surface area (Å²) >= 11 is 0. The van der Waals surface area contributed by atoms with Crippen LogP contribution in [0.1, 0.15) is 0 Å². The second kappa shape index (κ2) is 5.41. The van der Waals surface area contributed by atoms with E-state index in [0.717, 1.165) is 6.07 Å². The van der Waals surface area contributed by atoms with Crippen LogP contribution in [0.5, 0.6) is 0 Å². The molecule has 0 aliphatic carbocycles. The first-order valence-electron chi connectivity index (χ1n) is 4.86. The van der Waals surface area contributed by atoms with Crippen LogP contribution in [0.3, 0.4) is 0 Å². The van der Waals surface area contributed by atoms with E-state index in [2.05, 4.69) is 5.32 Å². The number of halogens is 1. The minimum absolute atomic E-state index is 0.292. The third-order valence-electron chi connectivity index (χ3n) is 2.26. The molecule has 0 bridgehead atoms. The molecule has 0 fully saturated rings. The number of nitrogens with one attached hydrogen (secondary N) is 1. The van der Waals surface area contributed by atoms with Crippen LogP contribution >= 0.6 is 0 Å². The molecule has 0 saturated heterocycles. The minimum Gasteiger partial charge on any atom is -0.368 e. The molecule has 5 nitrogen and oxygen atoms in total. The molecule has 0 radical (unpaired) electrons. The molecular weight excluding hydrogens is 213 g/mol. The van der Waals surface area contributed by atoms with Crippen molar-refractivity contribution < 1.29 is 9.31 Å². The molecule has 16 heavy (non-hydrogen) atoms. The lowest BCUT2D eigenvalue weighted by atomic mass is 10.2. The van der Waals surface area contributed by atoms with Crippen LogP contribution in [0.4, 0.5) is 15.8 Å². The highest BCUT2D eigenvalue weighted by Gasteiger charge is 2.21. The Morgan fingerprint density at radius 3 is 2.81 bits per heavy atom. The van der Waals surface area contributed by atoms with Crippen molar-refractivity contribution in [2.45, 2.75) is 0 Å². The molecule has 0 amide bonds. The predicted molar refractivity (Wildman–Crippen MR) is 60.3 cm³/mol. The summed E-state index contributed by atoms with van der Waals surface area (Å²) in [5.41, 5.74) is -0.179. The molecule has 1 aromatic carbocycles. The van der Waals surface area contributed by atoms with Gasteiger partial charge >= 0.3 is 5.69 Å². The molecule has 88 valence electrons. The second-order valence-corrected chi connectivity index (χ2v) is 3.39. The summed E-state index contributed by atoms with van der Waals surface area (Å²) in [6.45, 7) is 1.24. The third-order valence-corrected chi connectivity index (χ3v) is 2.26. The van der Waals surface area contributed by atoms with Crippen LogP contribution in [0, 0.1) is 15.9 Å². The van der Waals surface area contributed by atoms with E-state index in [1.54, 1.807) is 19.0 Å². The zero-order valence-corrected chi connectivity index (χ0v) is 9.24. The van der Waals surface area contributed by atoms with E-state index < -0.39 is 16.4 Å². The number of hydrogen-bond acceptors (Lipinski definition) is 4. The highest BCUT2D eigenvalue weighted by Crippen LogP contribution is 2.29. The topological polar surface area (TPSA) is 58.4 Å². The predicted octanol–water partition coefficient (Wildman–Crippen LogP) is 1.39. The fourth-order valence-corrected chi connectivity index (χ4v) is 1.39. The summed E-state index contributed by atoms with van der Waals surface area (Å²) in [6, 6.07) is 4.10. The fraction of sp³-hybridized carbons (Fsp3) is 0.400. The molecule has 0 aliphatic rings. The Kier molecular flexibility index (Phi) is 4.19. The zero-order valence-electron chi connectivity index (χ0n) is 9.24. The Labute approximate surface area is 93.0 Å². The van der Waals surface area contributed by atoms with E-state index in [9.17, 15) is 14.5 Å².